The standard InChI is InChI=1S/C27H33N5/c1-7-14-31(18-22-11-8-9-13-24(22)28-5)27-23-12-10-15-32(26(23)29-30(27)6)25-20(3)16-19(2)17-21(25)4/h8-9,11,13,16-17H,7,10,12,14-15,18H2,1-4,6H3. The Balaban J connectivity index is 1.78. The maximum absolute atomic E-state index is 7.56. The average Bonchev–Trinajstić information content (AvgIpc) is 3.09. The summed E-state index contributed by atoms with van der Waals surface area (Å²) >= 11 is 0. The van der Waals surface area contributed by atoms with Gasteiger partial charge in [-0.1, -0.05) is 48.9 Å². The van der Waals surface area contributed by atoms with Gasteiger partial charge < -0.3 is 9.80 Å². The Labute approximate surface area is 192 Å². The first kappa shape index (κ1) is 22.0. The first-order valence-electron chi connectivity index (χ1n) is 11.6. The van der Waals surface area contributed by atoms with Crippen molar-refractivity contribution in [2.45, 2.75) is 53.5 Å². The Morgan fingerprint density at radius 2 is 1.84 bits per heavy atom. The zero-order valence-electron chi connectivity index (χ0n) is 19.9. The summed E-state index contributed by atoms with van der Waals surface area (Å²) in [5.74, 6) is 2.28. The molecule has 5 heteroatoms. The van der Waals surface area contributed by atoms with Crippen molar-refractivity contribution in [2.75, 3.05) is 22.9 Å². The smallest absolute Gasteiger partial charge is 0.192 e. The van der Waals surface area contributed by atoms with E-state index in [0.29, 0.717) is 0 Å². The third kappa shape index (κ3) is 3.98. The molecule has 3 aromatic rings. The van der Waals surface area contributed by atoms with Gasteiger partial charge in [0.2, 0.25) is 0 Å². The third-order valence-corrected chi connectivity index (χ3v) is 6.33. The van der Waals surface area contributed by atoms with Gasteiger partial charge in [-0.05, 0) is 56.7 Å². The lowest BCUT2D eigenvalue weighted by Crippen LogP contribution is -2.29. The molecule has 0 aliphatic carbocycles. The van der Waals surface area contributed by atoms with E-state index in [4.69, 9.17) is 11.7 Å². The fourth-order valence-corrected chi connectivity index (χ4v) is 5.21. The van der Waals surface area contributed by atoms with E-state index in [0.717, 1.165) is 56.0 Å². The van der Waals surface area contributed by atoms with Gasteiger partial charge in [0, 0.05) is 37.9 Å². The van der Waals surface area contributed by atoms with Crippen molar-refractivity contribution < 1.29 is 0 Å². The van der Waals surface area contributed by atoms with Gasteiger partial charge in [-0.2, -0.15) is 5.10 Å². The summed E-state index contributed by atoms with van der Waals surface area (Å²) in [4.78, 5) is 8.58. The quantitative estimate of drug-likeness (QED) is 0.426. The molecule has 0 unspecified atom stereocenters. The van der Waals surface area contributed by atoms with Gasteiger partial charge >= 0.3 is 0 Å². The zero-order valence-corrected chi connectivity index (χ0v) is 19.9. The lowest BCUT2D eigenvalue weighted by atomic mass is 10.00. The Morgan fingerprint density at radius 3 is 2.53 bits per heavy atom. The number of hydrogen-bond donors (Lipinski definition) is 0. The van der Waals surface area contributed by atoms with Gasteiger partial charge in [-0.15, -0.1) is 0 Å². The molecule has 0 atom stereocenters. The highest BCUT2D eigenvalue weighted by Gasteiger charge is 2.30. The monoisotopic (exact) mass is 427 g/mol. The van der Waals surface area contributed by atoms with Crippen molar-refractivity contribution in [3.63, 3.8) is 0 Å². The van der Waals surface area contributed by atoms with Crippen LogP contribution in [0.25, 0.3) is 4.85 Å². The van der Waals surface area contributed by atoms with Gasteiger partial charge in [-0.3, -0.25) is 4.68 Å². The van der Waals surface area contributed by atoms with E-state index in [-0.39, 0.29) is 0 Å². The van der Waals surface area contributed by atoms with E-state index in [1.807, 2.05) is 18.2 Å². The first-order chi connectivity index (χ1) is 15.4. The van der Waals surface area contributed by atoms with Crippen molar-refractivity contribution in [1.82, 2.24) is 9.78 Å². The number of nitrogens with zero attached hydrogens (tertiary/aromatic N) is 5. The topological polar surface area (TPSA) is 28.7 Å². The van der Waals surface area contributed by atoms with Gasteiger partial charge in [0.1, 0.15) is 5.82 Å². The van der Waals surface area contributed by atoms with Crippen molar-refractivity contribution in [2.24, 2.45) is 7.05 Å². The predicted molar refractivity (Wildman–Crippen MR) is 133 cm³/mol. The number of anilines is 3. The van der Waals surface area contributed by atoms with Crippen molar-refractivity contribution in [3.8, 4) is 0 Å². The predicted octanol–water partition coefficient (Wildman–Crippen LogP) is 6.40. The molecule has 1 aliphatic rings. The average molecular weight is 428 g/mol. The molecule has 0 fully saturated rings. The highest BCUT2D eigenvalue weighted by atomic mass is 15.4. The largest absolute Gasteiger partial charge is 0.353 e. The minimum absolute atomic E-state index is 0.723. The van der Waals surface area contributed by atoms with E-state index < -0.39 is 0 Å². The minimum Gasteiger partial charge on any atom is -0.353 e. The number of para-hydroxylation sites is 1. The summed E-state index contributed by atoms with van der Waals surface area (Å²) in [6.07, 6.45) is 3.18. The lowest BCUT2D eigenvalue weighted by Gasteiger charge is -2.32. The SMILES string of the molecule is [C-]#[N+]c1ccccc1CN(CCC)c1c2c(nn1C)N(c1c(C)cc(C)cc1C)CCC2. The summed E-state index contributed by atoms with van der Waals surface area (Å²) in [7, 11) is 2.06. The van der Waals surface area contributed by atoms with E-state index >= 15 is 0 Å². The van der Waals surface area contributed by atoms with Crippen LogP contribution in [0, 0.1) is 27.3 Å². The second-order valence-electron chi connectivity index (χ2n) is 8.91. The van der Waals surface area contributed by atoms with E-state index in [1.165, 1.54) is 33.8 Å². The minimum atomic E-state index is 0.723. The van der Waals surface area contributed by atoms with Gasteiger partial charge in [0.05, 0.1) is 6.57 Å². The number of aryl methyl sites for hydroxylation is 4. The highest BCUT2D eigenvalue weighted by Crippen LogP contribution is 2.41. The van der Waals surface area contributed by atoms with Crippen LogP contribution in [0.5, 0.6) is 0 Å². The normalized spacial score (nSPS) is 13.1. The van der Waals surface area contributed by atoms with Crippen LogP contribution >= 0.6 is 0 Å². The van der Waals surface area contributed by atoms with Crippen LogP contribution in [0.15, 0.2) is 36.4 Å². The number of aromatic nitrogens is 2. The third-order valence-electron chi connectivity index (χ3n) is 6.33. The molecule has 0 bridgehead atoms. The Kier molecular flexibility index (Phi) is 6.23. The number of rotatable bonds is 6. The van der Waals surface area contributed by atoms with Crippen LogP contribution in [-0.2, 0) is 20.0 Å². The Morgan fingerprint density at radius 1 is 1.12 bits per heavy atom. The molecule has 1 aromatic heterocycles. The molecule has 0 saturated heterocycles. The van der Waals surface area contributed by atoms with Crippen LogP contribution in [0.3, 0.4) is 0 Å². The van der Waals surface area contributed by atoms with Crippen molar-refractivity contribution in [3.05, 3.63) is 75.6 Å². The molecule has 32 heavy (non-hydrogen) atoms. The summed E-state index contributed by atoms with van der Waals surface area (Å²) in [6.45, 7) is 19.0. The van der Waals surface area contributed by atoms with Crippen LogP contribution in [0.4, 0.5) is 23.0 Å². The summed E-state index contributed by atoms with van der Waals surface area (Å²) in [6, 6.07) is 12.5. The van der Waals surface area contributed by atoms with E-state index in [2.05, 4.69) is 72.3 Å². The van der Waals surface area contributed by atoms with E-state index in [1.54, 1.807) is 0 Å². The first-order valence-corrected chi connectivity index (χ1v) is 11.6. The Hall–Kier alpha value is -3.26. The molecule has 0 radical (unpaired) electrons. The number of benzene rings is 2. The van der Waals surface area contributed by atoms with Gasteiger partial charge in [0.15, 0.2) is 11.5 Å². The maximum Gasteiger partial charge on any atom is 0.192 e. The fraction of sp³-hybridized carbons (Fsp3) is 0.407. The molecular weight excluding hydrogens is 394 g/mol. The van der Waals surface area contributed by atoms with Gasteiger partial charge in [0.25, 0.3) is 0 Å². The molecule has 2 aromatic carbocycles. The summed E-state index contributed by atoms with van der Waals surface area (Å²) in [5.41, 5.74) is 8.34. The molecule has 5 nitrogen and oxygen atoms in total. The molecule has 0 saturated carbocycles. The summed E-state index contributed by atoms with van der Waals surface area (Å²) in [5, 5.41) is 5.04. The fourth-order valence-electron chi connectivity index (χ4n) is 5.21. The summed E-state index contributed by atoms with van der Waals surface area (Å²) < 4.78 is 2.05. The number of fused-ring (bicyclic) bond motifs is 1. The maximum atomic E-state index is 7.56. The van der Waals surface area contributed by atoms with Crippen molar-refractivity contribution >= 4 is 23.0 Å². The highest BCUT2D eigenvalue weighted by molar-refractivity contribution is 5.74. The van der Waals surface area contributed by atoms with Crippen molar-refractivity contribution in [1.29, 1.82) is 0 Å². The van der Waals surface area contributed by atoms with Gasteiger partial charge in [-0.25, -0.2) is 4.85 Å². The molecule has 2 heterocycles. The molecule has 4 rings (SSSR count). The molecule has 166 valence electrons. The van der Waals surface area contributed by atoms with Crippen LogP contribution in [0.2, 0.25) is 0 Å². The molecule has 0 spiro atoms. The molecule has 1 aliphatic heterocycles. The van der Waals surface area contributed by atoms with Crippen LogP contribution in [0.1, 0.15) is 47.6 Å². The number of hydrogen-bond acceptors (Lipinski definition) is 3. The zero-order chi connectivity index (χ0) is 22.8. The molecular formula is C27H33N5. The van der Waals surface area contributed by atoms with Crippen LogP contribution < -0.4 is 9.80 Å². The van der Waals surface area contributed by atoms with E-state index in [9.17, 15) is 0 Å². The Bertz CT molecular complexity index is 1140. The lowest BCUT2D eigenvalue weighted by molar-refractivity contribution is 0.687. The van der Waals surface area contributed by atoms with Crippen LogP contribution in [-0.4, -0.2) is 22.9 Å². The molecule has 0 amide bonds. The second-order valence-corrected chi connectivity index (χ2v) is 8.91. The second kappa shape index (κ2) is 9.08. The molecule has 0 N–H and O–H groups in total.